The van der Waals surface area contributed by atoms with Gasteiger partial charge in [-0.3, -0.25) is 4.79 Å². The van der Waals surface area contributed by atoms with Crippen molar-refractivity contribution >= 4 is 33.2 Å². The van der Waals surface area contributed by atoms with E-state index in [9.17, 15) is 17.6 Å². The average molecular weight is 371 g/mol. The van der Waals surface area contributed by atoms with Crippen LogP contribution in [0.15, 0.2) is 41.3 Å². The number of nitrogens with one attached hydrogen (secondary N) is 1. The summed E-state index contributed by atoms with van der Waals surface area (Å²) in [6, 6.07) is 8.26. The van der Waals surface area contributed by atoms with E-state index in [0.29, 0.717) is 5.56 Å². The van der Waals surface area contributed by atoms with E-state index in [1.54, 1.807) is 13.0 Å². The second-order valence-corrected chi connectivity index (χ2v) is 7.87. The fourth-order valence-electron chi connectivity index (χ4n) is 2.01. The minimum absolute atomic E-state index is 0.0213. The van der Waals surface area contributed by atoms with Gasteiger partial charge in [0.05, 0.1) is 15.5 Å². The Bertz CT molecular complexity index is 878. The molecule has 128 valence electrons. The summed E-state index contributed by atoms with van der Waals surface area (Å²) in [5, 5.41) is 2.49. The summed E-state index contributed by atoms with van der Waals surface area (Å²) in [6.45, 7) is 1.70. The highest BCUT2D eigenvalue weighted by Gasteiger charge is 2.20. The number of benzene rings is 2. The van der Waals surface area contributed by atoms with Crippen LogP contribution >= 0.6 is 11.6 Å². The maximum Gasteiger partial charge on any atom is 0.260 e. The number of carbonyl (C=O) groups excluding carboxylic acids is 1. The predicted octanol–water partition coefficient (Wildman–Crippen LogP) is 3.29. The van der Waals surface area contributed by atoms with E-state index < -0.39 is 21.7 Å². The lowest BCUT2D eigenvalue weighted by atomic mass is 10.1. The van der Waals surface area contributed by atoms with Gasteiger partial charge in [0.1, 0.15) is 5.82 Å². The van der Waals surface area contributed by atoms with E-state index >= 15 is 0 Å². The Morgan fingerprint density at radius 2 is 1.88 bits per heavy atom. The molecular formula is C16H16ClFN2O3S. The fourth-order valence-corrected chi connectivity index (χ4v) is 3.18. The third kappa shape index (κ3) is 3.58. The summed E-state index contributed by atoms with van der Waals surface area (Å²) in [7, 11) is -0.832. The van der Waals surface area contributed by atoms with Gasteiger partial charge in [0.2, 0.25) is 10.0 Å². The van der Waals surface area contributed by atoms with E-state index in [-0.39, 0.29) is 21.2 Å². The first-order chi connectivity index (χ1) is 11.1. The predicted molar refractivity (Wildman–Crippen MR) is 91.4 cm³/mol. The molecule has 0 aliphatic carbocycles. The Kier molecular flexibility index (Phi) is 5.27. The van der Waals surface area contributed by atoms with Crippen molar-refractivity contribution in [3.8, 4) is 0 Å². The molecule has 0 fully saturated rings. The number of amides is 1. The van der Waals surface area contributed by atoms with Gasteiger partial charge in [-0.05, 0) is 36.8 Å². The highest BCUT2D eigenvalue weighted by molar-refractivity contribution is 7.89. The molecule has 2 rings (SSSR count). The number of nitrogens with zero attached hydrogens (tertiary/aromatic N) is 1. The van der Waals surface area contributed by atoms with Gasteiger partial charge in [-0.15, -0.1) is 0 Å². The van der Waals surface area contributed by atoms with Crippen molar-refractivity contribution in [2.45, 2.75) is 11.8 Å². The van der Waals surface area contributed by atoms with Gasteiger partial charge in [0.25, 0.3) is 5.91 Å². The second kappa shape index (κ2) is 6.88. The molecule has 0 heterocycles. The van der Waals surface area contributed by atoms with Crippen LogP contribution in [0, 0.1) is 12.7 Å². The van der Waals surface area contributed by atoms with Crippen LogP contribution < -0.4 is 5.32 Å². The topological polar surface area (TPSA) is 66.5 Å². The number of aryl methyl sites for hydroxylation is 1. The van der Waals surface area contributed by atoms with Crippen LogP contribution in [0.25, 0.3) is 0 Å². The smallest absolute Gasteiger partial charge is 0.260 e. The van der Waals surface area contributed by atoms with Crippen molar-refractivity contribution in [1.82, 2.24) is 4.31 Å². The highest BCUT2D eigenvalue weighted by atomic mass is 35.5. The molecule has 0 bridgehead atoms. The molecule has 0 unspecified atom stereocenters. The summed E-state index contributed by atoms with van der Waals surface area (Å²) in [5.41, 5.74) is 0.607. The summed E-state index contributed by atoms with van der Waals surface area (Å²) in [5.74, 6) is -1.50. The molecule has 2 aromatic rings. The lowest BCUT2D eigenvalue weighted by Crippen LogP contribution is -2.22. The van der Waals surface area contributed by atoms with Gasteiger partial charge in [-0.25, -0.2) is 17.1 Å². The van der Waals surface area contributed by atoms with Crippen LogP contribution in [0.2, 0.25) is 5.02 Å². The van der Waals surface area contributed by atoms with Crippen molar-refractivity contribution in [3.63, 3.8) is 0 Å². The van der Waals surface area contributed by atoms with Crippen molar-refractivity contribution in [2.75, 3.05) is 19.4 Å². The van der Waals surface area contributed by atoms with E-state index in [4.69, 9.17) is 11.6 Å². The second-order valence-electron chi connectivity index (χ2n) is 5.31. The minimum Gasteiger partial charge on any atom is -0.322 e. The van der Waals surface area contributed by atoms with E-state index in [2.05, 4.69) is 5.32 Å². The van der Waals surface area contributed by atoms with Crippen LogP contribution in [-0.2, 0) is 10.0 Å². The van der Waals surface area contributed by atoms with Crippen molar-refractivity contribution in [2.24, 2.45) is 0 Å². The molecule has 0 aromatic heterocycles. The van der Waals surface area contributed by atoms with Crippen LogP contribution in [0.5, 0.6) is 0 Å². The Morgan fingerprint density at radius 1 is 1.21 bits per heavy atom. The number of carbonyl (C=O) groups is 1. The van der Waals surface area contributed by atoms with Gasteiger partial charge in [-0.2, -0.15) is 0 Å². The zero-order valence-corrected chi connectivity index (χ0v) is 14.9. The fraction of sp³-hybridized carbons (Fsp3) is 0.188. The normalized spacial score (nSPS) is 11.6. The quantitative estimate of drug-likeness (QED) is 0.898. The van der Waals surface area contributed by atoms with Crippen molar-refractivity contribution in [1.29, 1.82) is 0 Å². The molecule has 8 heteroatoms. The summed E-state index contributed by atoms with van der Waals surface area (Å²) < 4.78 is 39.3. The zero-order valence-electron chi connectivity index (χ0n) is 13.3. The maximum absolute atomic E-state index is 13.8. The summed E-state index contributed by atoms with van der Waals surface area (Å²) >= 11 is 5.87. The average Bonchev–Trinajstić information content (AvgIpc) is 2.49. The van der Waals surface area contributed by atoms with E-state index in [0.717, 1.165) is 10.4 Å². The Hall–Kier alpha value is -1.96. The molecule has 1 amide bonds. The van der Waals surface area contributed by atoms with Gasteiger partial charge >= 0.3 is 0 Å². The largest absolute Gasteiger partial charge is 0.322 e. The Labute approximate surface area is 145 Å². The Morgan fingerprint density at radius 3 is 2.46 bits per heavy atom. The van der Waals surface area contributed by atoms with Gasteiger partial charge in [-0.1, -0.05) is 23.7 Å². The number of sulfonamides is 1. The van der Waals surface area contributed by atoms with Crippen LogP contribution in [0.1, 0.15) is 15.9 Å². The lowest BCUT2D eigenvalue weighted by molar-refractivity contribution is 0.102. The monoisotopic (exact) mass is 370 g/mol. The molecule has 1 N–H and O–H groups in total. The highest BCUT2D eigenvalue weighted by Crippen LogP contribution is 2.25. The van der Waals surface area contributed by atoms with Gasteiger partial charge in [0.15, 0.2) is 0 Å². The molecule has 0 radical (unpaired) electrons. The molecule has 0 atom stereocenters. The summed E-state index contributed by atoms with van der Waals surface area (Å²) in [4.78, 5) is 12.3. The number of rotatable bonds is 4. The van der Waals surface area contributed by atoms with Crippen molar-refractivity contribution in [3.05, 3.63) is 58.4 Å². The molecule has 24 heavy (non-hydrogen) atoms. The van der Waals surface area contributed by atoms with Gasteiger partial charge < -0.3 is 5.32 Å². The number of hydrogen-bond acceptors (Lipinski definition) is 3. The first-order valence-electron chi connectivity index (χ1n) is 6.93. The standard InChI is InChI=1S/C16H16ClFN2O3S/c1-10-7-8-11(24(22,23)20(2)3)9-14(10)19-16(21)15-12(17)5-4-6-13(15)18/h4-9H,1-3H3,(H,19,21). The third-order valence-corrected chi connectivity index (χ3v) is 5.55. The number of hydrogen-bond donors (Lipinski definition) is 1. The molecule has 0 spiro atoms. The zero-order chi connectivity index (χ0) is 18.1. The van der Waals surface area contributed by atoms with Crippen LogP contribution in [-0.4, -0.2) is 32.7 Å². The SMILES string of the molecule is Cc1ccc(S(=O)(=O)N(C)C)cc1NC(=O)c1c(F)cccc1Cl. The summed E-state index contributed by atoms with van der Waals surface area (Å²) in [6.07, 6.45) is 0. The van der Waals surface area contributed by atoms with E-state index in [1.165, 1.54) is 38.4 Å². The van der Waals surface area contributed by atoms with Crippen molar-refractivity contribution < 1.29 is 17.6 Å². The molecule has 0 aliphatic heterocycles. The molecule has 0 saturated heterocycles. The first kappa shape index (κ1) is 18.4. The molecular weight excluding hydrogens is 355 g/mol. The number of anilines is 1. The molecule has 0 saturated carbocycles. The third-order valence-electron chi connectivity index (χ3n) is 3.43. The Balaban J connectivity index is 2.42. The van der Waals surface area contributed by atoms with Gasteiger partial charge in [0, 0.05) is 19.8 Å². The van der Waals surface area contributed by atoms with Crippen LogP contribution in [0.4, 0.5) is 10.1 Å². The lowest BCUT2D eigenvalue weighted by Gasteiger charge is -2.15. The minimum atomic E-state index is -3.65. The van der Waals surface area contributed by atoms with Crippen LogP contribution in [0.3, 0.4) is 0 Å². The maximum atomic E-state index is 13.8. The van der Waals surface area contributed by atoms with E-state index in [1.807, 2.05) is 0 Å². The molecule has 0 aliphatic rings. The molecule has 2 aromatic carbocycles. The number of halogens is 2. The molecule has 5 nitrogen and oxygen atoms in total. The first-order valence-corrected chi connectivity index (χ1v) is 8.75.